The smallest absolute Gasteiger partial charge is 0.395 e. The molecule has 5 N–H and O–H groups in total. The number of amides is 2. The number of carbonyl (C=O) groups excluding carboxylic acids is 2. The minimum atomic E-state index is -4.72. The van der Waals surface area contributed by atoms with Crippen molar-refractivity contribution in [2.45, 2.75) is 76.3 Å². The zero-order chi connectivity index (χ0) is 35.3. The number of carbonyl (C=O) groups is 2. The molecule has 1 saturated carbocycles. The van der Waals surface area contributed by atoms with Gasteiger partial charge in [0.1, 0.15) is 11.9 Å². The van der Waals surface area contributed by atoms with E-state index < -0.39 is 52.9 Å². The van der Waals surface area contributed by atoms with Gasteiger partial charge in [0.15, 0.2) is 0 Å². The maximum Gasteiger partial charge on any atom is 0.407 e. The molecule has 0 saturated heterocycles. The SMILES string of the molecule is CN[C@H](Cc1ccc(C#N)cc1F)NC(=O)[C@@H](N[C@@H](c1ccc(C2(C)C=CC(C3(C(=O)NCCO)CC3)=CC2)cc1)C(F)(F)F)C(C)C. The summed E-state index contributed by atoms with van der Waals surface area (Å²) in [6.07, 6.45) is 2.43. The number of halogens is 4. The Balaban J connectivity index is 1.47. The second kappa shape index (κ2) is 15.0. The van der Waals surface area contributed by atoms with Crippen LogP contribution in [-0.4, -0.2) is 55.5 Å². The molecule has 48 heavy (non-hydrogen) atoms. The zero-order valence-electron chi connectivity index (χ0n) is 27.5. The van der Waals surface area contributed by atoms with Gasteiger partial charge in [-0.2, -0.15) is 18.4 Å². The number of nitrogens with zero attached hydrogens (tertiary/aromatic N) is 1. The second-order valence-corrected chi connectivity index (χ2v) is 13.1. The molecule has 0 bridgehead atoms. The summed E-state index contributed by atoms with van der Waals surface area (Å²) in [6, 6.07) is 8.63. The Morgan fingerprint density at radius 1 is 1.10 bits per heavy atom. The largest absolute Gasteiger partial charge is 0.407 e. The summed E-state index contributed by atoms with van der Waals surface area (Å²) in [5.74, 6) is -1.93. The fraction of sp³-hybridized carbons (Fsp3) is 0.472. The number of hydrogen-bond donors (Lipinski definition) is 5. The molecule has 0 aromatic heterocycles. The summed E-state index contributed by atoms with van der Waals surface area (Å²) in [5.41, 5.74) is 0.959. The van der Waals surface area contributed by atoms with Crippen molar-refractivity contribution in [3.05, 3.63) is 94.3 Å². The van der Waals surface area contributed by atoms with Crippen molar-refractivity contribution in [2.24, 2.45) is 11.3 Å². The van der Waals surface area contributed by atoms with E-state index >= 15 is 0 Å². The Bertz CT molecular complexity index is 1580. The van der Waals surface area contributed by atoms with Crippen LogP contribution in [0.4, 0.5) is 17.6 Å². The number of aliphatic hydroxyl groups is 1. The van der Waals surface area contributed by atoms with Crippen LogP contribution in [0.2, 0.25) is 0 Å². The van der Waals surface area contributed by atoms with Crippen molar-refractivity contribution < 1.29 is 32.3 Å². The predicted molar refractivity (Wildman–Crippen MR) is 174 cm³/mol. The summed E-state index contributed by atoms with van der Waals surface area (Å²) in [5, 5.41) is 28.9. The van der Waals surface area contributed by atoms with Crippen LogP contribution in [0, 0.1) is 28.5 Å². The molecule has 2 aromatic carbocycles. The quantitative estimate of drug-likeness (QED) is 0.145. The molecule has 2 aliphatic carbocycles. The topological polar surface area (TPSA) is 126 Å². The first-order chi connectivity index (χ1) is 22.7. The number of rotatable bonds is 14. The highest BCUT2D eigenvalue weighted by atomic mass is 19.4. The average molecular weight is 670 g/mol. The Morgan fingerprint density at radius 3 is 2.29 bits per heavy atom. The number of aliphatic hydroxyl groups excluding tert-OH is 1. The molecule has 8 nitrogen and oxygen atoms in total. The minimum absolute atomic E-state index is 0.0105. The minimum Gasteiger partial charge on any atom is -0.395 e. The van der Waals surface area contributed by atoms with E-state index in [-0.39, 0.29) is 42.2 Å². The van der Waals surface area contributed by atoms with Crippen molar-refractivity contribution >= 4 is 11.8 Å². The first-order valence-electron chi connectivity index (χ1n) is 16.1. The highest BCUT2D eigenvalue weighted by Gasteiger charge is 2.52. The number of nitriles is 1. The van der Waals surface area contributed by atoms with Gasteiger partial charge in [0.05, 0.1) is 35.9 Å². The first kappa shape index (κ1) is 36.8. The molecule has 2 aromatic rings. The number of benzene rings is 2. The maximum absolute atomic E-state index is 14.5. The molecular formula is C36H43F4N5O3. The molecule has 2 aliphatic rings. The highest BCUT2D eigenvalue weighted by molar-refractivity contribution is 5.89. The van der Waals surface area contributed by atoms with E-state index in [1.807, 2.05) is 31.2 Å². The van der Waals surface area contributed by atoms with Gasteiger partial charge in [0.2, 0.25) is 11.8 Å². The van der Waals surface area contributed by atoms with Crippen molar-refractivity contribution in [3.63, 3.8) is 0 Å². The molecule has 1 unspecified atom stereocenters. The summed E-state index contributed by atoms with van der Waals surface area (Å²) < 4.78 is 58.0. The van der Waals surface area contributed by atoms with Gasteiger partial charge in [0.25, 0.3) is 0 Å². The lowest BCUT2D eigenvalue weighted by molar-refractivity contribution is -0.161. The zero-order valence-corrected chi connectivity index (χ0v) is 27.5. The van der Waals surface area contributed by atoms with Crippen molar-refractivity contribution in [2.75, 3.05) is 20.2 Å². The van der Waals surface area contributed by atoms with Crippen LogP contribution in [0.1, 0.15) is 68.3 Å². The van der Waals surface area contributed by atoms with Gasteiger partial charge < -0.3 is 21.1 Å². The van der Waals surface area contributed by atoms with Gasteiger partial charge in [-0.15, -0.1) is 0 Å². The summed E-state index contributed by atoms with van der Waals surface area (Å²) in [6.45, 7) is 5.32. The Morgan fingerprint density at radius 2 is 1.79 bits per heavy atom. The Labute approximate surface area is 278 Å². The molecule has 4 atom stereocenters. The van der Waals surface area contributed by atoms with E-state index in [4.69, 9.17) is 10.4 Å². The van der Waals surface area contributed by atoms with Gasteiger partial charge in [-0.25, -0.2) is 4.39 Å². The standard InChI is InChI=1S/C36H43F4N5O3/c1-22(2)30(32(47)44-29(42-4)20-25-6-5-23(21-41)19-28(25)37)45-31(36(38,39)40)24-7-9-26(10-8-24)34(3)13-11-27(12-14-34)35(15-16-35)33(48)43-17-18-46/h5-13,19,22,29-31,42,45-46H,14-18,20H2,1-4H3,(H,43,48)(H,44,47)/t29-,30-,31-,34?/m0/s1. The fourth-order valence-corrected chi connectivity index (χ4v) is 6.09. The Hall–Kier alpha value is -4.05. The molecule has 0 spiro atoms. The van der Waals surface area contributed by atoms with Crippen LogP contribution in [0.5, 0.6) is 0 Å². The van der Waals surface area contributed by atoms with E-state index in [0.717, 1.165) is 30.0 Å². The fourth-order valence-electron chi connectivity index (χ4n) is 6.09. The van der Waals surface area contributed by atoms with Crippen LogP contribution >= 0.6 is 0 Å². The number of hydrogen-bond acceptors (Lipinski definition) is 6. The van der Waals surface area contributed by atoms with Gasteiger partial charge in [-0.1, -0.05) is 69.3 Å². The molecule has 0 heterocycles. The van der Waals surface area contributed by atoms with Gasteiger partial charge >= 0.3 is 6.18 Å². The highest BCUT2D eigenvalue weighted by Crippen LogP contribution is 2.54. The molecule has 1 fully saturated rings. The summed E-state index contributed by atoms with van der Waals surface area (Å²) in [7, 11) is 1.54. The molecular weight excluding hydrogens is 626 g/mol. The van der Waals surface area contributed by atoms with Gasteiger partial charge in [-0.3, -0.25) is 14.9 Å². The monoisotopic (exact) mass is 669 g/mol. The maximum atomic E-state index is 14.5. The first-order valence-corrected chi connectivity index (χ1v) is 16.1. The van der Waals surface area contributed by atoms with Crippen molar-refractivity contribution in [1.29, 1.82) is 5.26 Å². The van der Waals surface area contributed by atoms with Crippen LogP contribution in [0.3, 0.4) is 0 Å². The van der Waals surface area contributed by atoms with E-state index in [1.165, 1.54) is 24.3 Å². The van der Waals surface area contributed by atoms with Crippen LogP contribution in [0.25, 0.3) is 0 Å². The summed E-state index contributed by atoms with van der Waals surface area (Å²) >= 11 is 0. The normalized spacial score (nSPS) is 20.3. The van der Waals surface area contributed by atoms with E-state index in [0.29, 0.717) is 6.42 Å². The number of nitrogens with one attached hydrogen (secondary N) is 4. The molecule has 0 aliphatic heterocycles. The predicted octanol–water partition coefficient (Wildman–Crippen LogP) is 4.85. The number of allylic oxidation sites excluding steroid dienone is 3. The third-order valence-corrected chi connectivity index (χ3v) is 9.31. The lowest BCUT2D eigenvalue weighted by atomic mass is 9.74. The molecule has 2 amide bonds. The number of likely N-dealkylation sites (N-methyl/N-ethyl adjacent to an activating group) is 1. The molecule has 258 valence electrons. The van der Waals surface area contributed by atoms with Crippen LogP contribution < -0.4 is 21.3 Å². The van der Waals surface area contributed by atoms with Gasteiger partial charge in [0, 0.05) is 18.4 Å². The third kappa shape index (κ3) is 8.32. The Kier molecular flexibility index (Phi) is 11.5. The van der Waals surface area contributed by atoms with Crippen LogP contribution in [0.15, 0.2) is 66.3 Å². The summed E-state index contributed by atoms with van der Waals surface area (Å²) in [4.78, 5) is 26.0. The second-order valence-electron chi connectivity index (χ2n) is 13.1. The van der Waals surface area contributed by atoms with E-state index in [1.54, 1.807) is 33.0 Å². The molecule has 4 rings (SSSR count). The molecule has 0 radical (unpaired) electrons. The molecule has 12 heteroatoms. The number of alkyl halides is 3. The average Bonchev–Trinajstić information content (AvgIpc) is 3.86. The lowest BCUT2D eigenvalue weighted by Gasteiger charge is -2.32. The van der Waals surface area contributed by atoms with E-state index in [2.05, 4.69) is 21.3 Å². The van der Waals surface area contributed by atoms with Crippen molar-refractivity contribution in [3.8, 4) is 6.07 Å². The third-order valence-electron chi connectivity index (χ3n) is 9.31. The van der Waals surface area contributed by atoms with Gasteiger partial charge in [-0.05, 0) is 66.6 Å². The lowest BCUT2D eigenvalue weighted by Crippen LogP contribution is -2.56. The van der Waals surface area contributed by atoms with Crippen molar-refractivity contribution in [1.82, 2.24) is 21.3 Å². The van der Waals surface area contributed by atoms with Crippen LogP contribution in [-0.2, 0) is 21.4 Å². The van der Waals surface area contributed by atoms with E-state index in [9.17, 15) is 27.2 Å².